The number of ether oxygens (including phenoxy) is 1. The monoisotopic (exact) mass is 474 g/mol. The van der Waals surface area contributed by atoms with Crippen molar-refractivity contribution in [1.29, 1.82) is 0 Å². The fourth-order valence-electron chi connectivity index (χ4n) is 2.61. The lowest BCUT2D eigenvalue weighted by atomic mass is 10.1. The zero-order valence-electron chi connectivity index (χ0n) is 11.9. The summed E-state index contributed by atoms with van der Waals surface area (Å²) >= 11 is 1.98. The predicted molar refractivity (Wildman–Crippen MR) is 87.5 cm³/mol. The van der Waals surface area contributed by atoms with Crippen LogP contribution in [0.25, 0.3) is 11.0 Å². The van der Waals surface area contributed by atoms with Gasteiger partial charge in [-0.2, -0.15) is 0 Å². The van der Waals surface area contributed by atoms with E-state index in [1.54, 1.807) is 0 Å². The third-order valence-electron chi connectivity index (χ3n) is 3.57. The standard InChI is InChI=1S/C11H13FIN4O6P/c12-7-8(23-24(19,20)21)5(2-18)22-11(7)17-1-4(13)6-9(14)15-3-16-10(6)17/h1,3,5,7-8,11,18H,2H2,(H2,14,15,16)(H2,19,20,21)/t5-,7?,8+,11-/m1/s1. The zero-order valence-corrected chi connectivity index (χ0v) is 14.9. The highest BCUT2D eigenvalue weighted by Gasteiger charge is 2.49. The lowest BCUT2D eigenvalue weighted by molar-refractivity contribution is -0.0453. The largest absolute Gasteiger partial charge is 0.470 e. The second-order valence-corrected chi connectivity index (χ2v) is 7.45. The van der Waals surface area contributed by atoms with E-state index in [-0.39, 0.29) is 5.82 Å². The number of fused-ring (bicyclic) bond motifs is 1. The van der Waals surface area contributed by atoms with Gasteiger partial charge in [-0.15, -0.1) is 0 Å². The smallest absolute Gasteiger partial charge is 0.394 e. The highest BCUT2D eigenvalue weighted by Crippen LogP contribution is 2.45. The molecule has 0 aromatic carbocycles. The Morgan fingerprint density at radius 2 is 2.21 bits per heavy atom. The molecule has 24 heavy (non-hydrogen) atoms. The number of phosphoric ester groups is 1. The van der Waals surface area contributed by atoms with Gasteiger partial charge < -0.3 is 29.9 Å². The van der Waals surface area contributed by atoms with Gasteiger partial charge in [0.1, 0.15) is 30.0 Å². The third kappa shape index (κ3) is 3.14. The zero-order chi connectivity index (χ0) is 17.6. The SMILES string of the molecule is Nc1ncnc2c1c(I)cn2[C@@H]1O[C@H](CO)[C@H](OP(=O)(O)O)C1F. The number of halogens is 2. The molecule has 0 spiro atoms. The molecule has 132 valence electrons. The number of hydrogen-bond donors (Lipinski definition) is 4. The molecule has 4 atom stereocenters. The number of hydrogen-bond acceptors (Lipinski definition) is 7. The number of aliphatic hydroxyl groups excluding tert-OH is 1. The van der Waals surface area contributed by atoms with Gasteiger partial charge in [-0.1, -0.05) is 0 Å². The van der Waals surface area contributed by atoms with Gasteiger partial charge in [-0.05, 0) is 22.6 Å². The summed E-state index contributed by atoms with van der Waals surface area (Å²) < 4.78 is 37.6. The van der Waals surface area contributed by atoms with Crippen molar-refractivity contribution in [3.05, 3.63) is 16.1 Å². The van der Waals surface area contributed by atoms with E-state index in [1.165, 1.54) is 17.1 Å². The van der Waals surface area contributed by atoms with Crippen molar-refractivity contribution in [1.82, 2.24) is 14.5 Å². The van der Waals surface area contributed by atoms with Crippen molar-refractivity contribution < 1.29 is 33.1 Å². The Labute approximate surface area is 148 Å². The summed E-state index contributed by atoms with van der Waals surface area (Å²) in [4.78, 5) is 25.8. The summed E-state index contributed by atoms with van der Waals surface area (Å²) in [5.74, 6) is 0.207. The summed E-state index contributed by atoms with van der Waals surface area (Å²) in [7, 11) is -4.96. The first-order chi connectivity index (χ1) is 11.2. The number of nitrogen functional groups attached to an aromatic ring is 1. The van der Waals surface area contributed by atoms with E-state index in [9.17, 15) is 14.1 Å². The van der Waals surface area contributed by atoms with Gasteiger partial charge in [0.25, 0.3) is 0 Å². The molecular weight excluding hydrogens is 461 g/mol. The fraction of sp³-hybridized carbons (Fsp3) is 0.455. The Hall–Kier alpha value is -0.890. The molecule has 1 unspecified atom stereocenters. The Morgan fingerprint density at radius 1 is 1.50 bits per heavy atom. The maximum atomic E-state index is 14.7. The Bertz CT molecular complexity index is 815. The number of nitrogens with two attached hydrogens (primary N) is 1. The minimum atomic E-state index is -4.96. The molecule has 0 bridgehead atoms. The molecule has 1 aliphatic rings. The molecule has 0 radical (unpaired) electrons. The molecule has 3 heterocycles. The van der Waals surface area contributed by atoms with Crippen LogP contribution in [0.5, 0.6) is 0 Å². The quantitative estimate of drug-likeness (QED) is 0.363. The second-order valence-electron chi connectivity index (χ2n) is 5.09. The van der Waals surface area contributed by atoms with Crippen LogP contribution >= 0.6 is 30.4 Å². The highest BCUT2D eigenvalue weighted by molar-refractivity contribution is 14.1. The first kappa shape index (κ1) is 17.9. The number of nitrogens with zero attached hydrogens (tertiary/aromatic N) is 3. The summed E-state index contributed by atoms with van der Waals surface area (Å²) in [6.07, 6.45) is -3.38. The number of aromatic nitrogens is 3. The summed E-state index contributed by atoms with van der Waals surface area (Å²) in [6.45, 7) is -0.672. The maximum absolute atomic E-state index is 14.7. The third-order valence-corrected chi connectivity index (χ3v) is 4.91. The Kier molecular flexibility index (Phi) is 4.81. The van der Waals surface area contributed by atoms with Crippen molar-refractivity contribution in [3.63, 3.8) is 0 Å². The van der Waals surface area contributed by atoms with Gasteiger partial charge in [0.2, 0.25) is 0 Å². The van der Waals surface area contributed by atoms with Crippen LogP contribution in [0, 0.1) is 3.57 Å². The molecule has 10 nitrogen and oxygen atoms in total. The topological polar surface area (TPSA) is 153 Å². The minimum absolute atomic E-state index is 0.207. The average Bonchev–Trinajstić information content (AvgIpc) is 2.97. The molecule has 2 aromatic rings. The molecule has 0 aliphatic carbocycles. The van der Waals surface area contributed by atoms with Crippen LogP contribution in [-0.4, -0.2) is 54.4 Å². The van der Waals surface area contributed by atoms with E-state index >= 15 is 0 Å². The van der Waals surface area contributed by atoms with Crippen LogP contribution in [0.15, 0.2) is 12.5 Å². The van der Waals surface area contributed by atoms with E-state index < -0.39 is 39.0 Å². The molecular formula is C11H13FIN4O6P. The fourth-order valence-corrected chi connectivity index (χ4v) is 3.99. The van der Waals surface area contributed by atoms with Crippen LogP contribution in [0.1, 0.15) is 6.23 Å². The van der Waals surface area contributed by atoms with Crippen LogP contribution < -0.4 is 5.73 Å². The summed E-state index contributed by atoms with van der Waals surface area (Å²) in [5.41, 5.74) is 6.10. The van der Waals surface area contributed by atoms with Crippen LogP contribution in [-0.2, 0) is 13.8 Å². The number of aliphatic hydroxyl groups is 1. The number of rotatable bonds is 4. The van der Waals surface area contributed by atoms with Gasteiger partial charge in [0.15, 0.2) is 12.4 Å². The van der Waals surface area contributed by atoms with Crippen LogP contribution in [0.2, 0.25) is 0 Å². The van der Waals surface area contributed by atoms with E-state index in [2.05, 4.69) is 14.5 Å². The first-order valence-electron chi connectivity index (χ1n) is 6.63. The van der Waals surface area contributed by atoms with Gasteiger partial charge in [0, 0.05) is 9.77 Å². The normalized spacial score (nSPS) is 27.9. The molecule has 3 rings (SSSR count). The first-order valence-corrected chi connectivity index (χ1v) is 9.24. The lowest BCUT2D eigenvalue weighted by Gasteiger charge is -2.18. The second kappa shape index (κ2) is 6.44. The van der Waals surface area contributed by atoms with Crippen LogP contribution in [0.4, 0.5) is 10.2 Å². The van der Waals surface area contributed by atoms with E-state index in [1.807, 2.05) is 22.6 Å². The Balaban J connectivity index is 2.02. The summed E-state index contributed by atoms with van der Waals surface area (Å²) in [5, 5.41) is 9.81. The number of alkyl halides is 1. The average molecular weight is 474 g/mol. The van der Waals surface area contributed by atoms with Gasteiger partial charge in [0.05, 0.1) is 12.0 Å². The van der Waals surface area contributed by atoms with Crippen molar-refractivity contribution in [2.24, 2.45) is 0 Å². The lowest BCUT2D eigenvalue weighted by Crippen LogP contribution is -2.33. The van der Waals surface area contributed by atoms with Gasteiger partial charge in [-0.25, -0.2) is 18.9 Å². The van der Waals surface area contributed by atoms with Crippen molar-refractivity contribution in [2.75, 3.05) is 12.3 Å². The maximum Gasteiger partial charge on any atom is 0.470 e. The molecule has 1 aliphatic heterocycles. The molecule has 2 aromatic heterocycles. The molecule has 0 saturated carbocycles. The molecule has 5 N–H and O–H groups in total. The van der Waals surface area contributed by atoms with E-state index in [0.717, 1.165) is 0 Å². The van der Waals surface area contributed by atoms with Crippen LogP contribution in [0.3, 0.4) is 0 Å². The van der Waals surface area contributed by atoms with E-state index in [0.29, 0.717) is 14.6 Å². The molecule has 13 heteroatoms. The highest BCUT2D eigenvalue weighted by atomic mass is 127. The number of anilines is 1. The van der Waals surface area contributed by atoms with Gasteiger partial charge in [-0.3, -0.25) is 4.52 Å². The molecule has 1 fully saturated rings. The Morgan fingerprint density at radius 3 is 2.83 bits per heavy atom. The van der Waals surface area contributed by atoms with Crippen molar-refractivity contribution >= 4 is 47.3 Å². The molecule has 0 amide bonds. The van der Waals surface area contributed by atoms with E-state index in [4.69, 9.17) is 20.3 Å². The predicted octanol–water partition coefficient (Wildman–Crippen LogP) is 0.324. The number of phosphoric acid groups is 1. The minimum Gasteiger partial charge on any atom is -0.394 e. The molecule has 1 saturated heterocycles. The van der Waals surface area contributed by atoms with Crippen molar-refractivity contribution in [2.45, 2.75) is 24.6 Å². The van der Waals surface area contributed by atoms with Crippen molar-refractivity contribution in [3.8, 4) is 0 Å². The summed E-state index contributed by atoms with van der Waals surface area (Å²) in [6, 6.07) is 0. The van der Waals surface area contributed by atoms with Gasteiger partial charge >= 0.3 is 7.82 Å².